The van der Waals surface area contributed by atoms with Crippen molar-refractivity contribution in [1.29, 1.82) is 0 Å². The molecule has 0 saturated carbocycles. The predicted molar refractivity (Wildman–Crippen MR) is 87.4 cm³/mol. The lowest BCUT2D eigenvalue weighted by Gasteiger charge is -2.16. The second-order valence-electron chi connectivity index (χ2n) is 4.26. The van der Waals surface area contributed by atoms with Crippen molar-refractivity contribution in [3.05, 3.63) is 51.9 Å². The van der Waals surface area contributed by atoms with Gasteiger partial charge in [-0.3, -0.25) is 0 Å². The third kappa shape index (κ3) is 3.62. The Morgan fingerprint density at radius 1 is 1.35 bits per heavy atom. The van der Waals surface area contributed by atoms with Crippen LogP contribution in [0.2, 0.25) is 4.34 Å². The number of sulfonamides is 1. The van der Waals surface area contributed by atoms with E-state index in [1.165, 1.54) is 0 Å². The molecule has 2 rings (SSSR count). The van der Waals surface area contributed by atoms with Crippen molar-refractivity contribution in [2.24, 2.45) is 0 Å². The summed E-state index contributed by atoms with van der Waals surface area (Å²) >= 11 is 10.4. The molecular formula is C13H13BrClNO2S2. The maximum atomic E-state index is 12.4. The number of hydrogen-bond donors (Lipinski definition) is 1. The Morgan fingerprint density at radius 3 is 2.50 bits per heavy atom. The van der Waals surface area contributed by atoms with E-state index < -0.39 is 10.0 Å². The topological polar surface area (TPSA) is 46.2 Å². The van der Waals surface area contributed by atoms with Gasteiger partial charge in [0.25, 0.3) is 10.0 Å². The van der Waals surface area contributed by atoms with Gasteiger partial charge in [0.1, 0.15) is 4.21 Å². The molecule has 2 aromatic rings. The van der Waals surface area contributed by atoms with Crippen LogP contribution >= 0.6 is 38.9 Å². The van der Waals surface area contributed by atoms with Crippen LogP contribution in [-0.2, 0) is 10.0 Å². The first-order chi connectivity index (χ1) is 9.44. The molecule has 0 amide bonds. The second kappa shape index (κ2) is 6.58. The molecule has 108 valence electrons. The van der Waals surface area contributed by atoms with Gasteiger partial charge in [-0.2, -0.15) is 0 Å². The summed E-state index contributed by atoms with van der Waals surface area (Å²) in [7, 11) is -3.57. The molecule has 1 aromatic heterocycles. The van der Waals surface area contributed by atoms with Crippen LogP contribution in [0.5, 0.6) is 0 Å². The molecule has 0 radical (unpaired) electrons. The Balaban J connectivity index is 2.27. The summed E-state index contributed by atoms with van der Waals surface area (Å²) in [5, 5.41) is 0.494. The Labute approximate surface area is 136 Å². The van der Waals surface area contributed by atoms with Gasteiger partial charge in [-0.15, -0.1) is 11.3 Å². The maximum absolute atomic E-state index is 12.4. The zero-order valence-electron chi connectivity index (χ0n) is 10.6. The van der Waals surface area contributed by atoms with E-state index in [-0.39, 0.29) is 10.3 Å². The van der Waals surface area contributed by atoms with Gasteiger partial charge in [-0.25, -0.2) is 13.1 Å². The quantitative estimate of drug-likeness (QED) is 0.775. The number of rotatable bonds is 5. The van der Waals surface area contributed by atoms with Gasteiger partial charge in [0.2, 0.25) is 0 Å². The lowest BCUT2D eigenvalue weighted by molar-refractivity contribution is 0.571. The molecule has 1 atom stereocenters. The van der Waals surface area contributed by atoms with Gasteiger partial charge in [0, 0.05) is 5.33 Å². The first-order valence-electron chi connectivity index (χ1n) is 5.83. The molecular weight excluding hydrogens is 382 g/mol. The molecule has 1 aromatic carbocycles. The number of aryl methyl sites for hydroxylation is 1. The highest BCUT2D eigenvalue weighted by Gasteiger charge is 2.23. The van der Waals surface area contributed by atoms with E-state index >= 15 is 0 Å². The zero-order chi connectivity index (χ0) is 14.8. The van der Waals surface area contributed by atoms with E-state index in [9.17, 15) is 8.42 Å². The highest BCUT2D eigenvalue weighted by molar-refractivity contribution is 9.09. The average Bonchev–Trinajstić information content (AvgIpc) is 2.78. The minimum atomic E-state index is -3.57. The van der Waals surface area contributed by atoms with Crippen LogP contribution in [0.4, 0.5) is 0 Å². The number of halogens is 2. The van der Waals surface area contributed by atoms with Crippen LogP contribution in [-0.4, -0.2) is 13.7 Å². The van der Waals surface area contributed by atoms with Crippen molar-refractivity contribution in [3.63, 3.8) is 0 Å². The van der Waals surface area contributed by atoms with Crippen molar-refractivity contribution in [1.82, 2.24) is 4.72 Å². The molecule has 3 nitrogen and oxygen atoms in total. The first kappa shape index (κ1) is 16.0. The Kier molecular flexibility index (Phi) is 5.25. The Morgan fingerprint density at radius 2 is 2.00 bits per heavy atom. The SMILES string of the molecule is Cc1cc(S(=O)(=O)NC(CBr)c2ccccc2)sc1Cl. The van der Waals surface area contributed by atoms with Crippen molar-refractivity contribution in [2.75, 3.05) is 5.33 Å². The standard InChI is InChI=1S/C13H13BrClNO2S2/c1-9-7-12(19-13(9)15)20(17,18)16-11(8-14)10-5-3-2-4-6-10/h2-7,11,16H,8H2,1H3. The summed E-state index contributed by atoms with van der Waals surface area (Å²) in [6.45, 7) is 1.79. The highest BCUT2D eigenvalue weighted by Crippen LogP contribution is 2.31. The minimum Gasteiger partial charge on any atom is -0.206 e. The largest absolute Gasteiger partial charge is 0.250 e. The third-order valence-electron chi connectivity index (χ3n) is 2.75. The number of alkyl halides is 1. The van der Waals surface area contributed by atoms with E-state index in [0.29, 0.717) is 9.67 Å². The van der Waals surface area contributed by atoms with Crippen LogP contribution in [0.15, 0.2) is 40.6 Å². The van der Waals surface area contributed by atoms with E-state index in [1.54, 1.807) is 13.0 Å². The van der Waals surface area contributed by atoms with Crippen molar-refractivity contribution in [2.45, 2.75) is 17.2 Å². The monoisotopic (exact) mass is 393 g/mol. The van der Waals surface area contributed by atoms with E-state index in [0.717, 1.165) is 22.5 Å². The summed E-state index contributed by atoms with van der Waals surface area (Å²) in [5.41, 5.74) is 1.68. The fourth-order valence-electron chi connectivity index (χ4n) is 1.68. The number of nitrogens with one attached hydrogen (secondary N) is 1. The minimum absolute atomic E-state index is 0.238. The highest BCUT2D eigenvalue weighted by atomic mass is 79.9. The molecule has 0 fully saturated rings. The zero-order valence-corrected chi connectivity index (χ0v) is 14.6. The van der Waals surface area contributed by atoms with Gasteiger partial charge in [0.05, 0.1) is 10.4 Å². The van der Waals surface area contributed by atoms with Crippen LogP contribution in [0, 0.1) is 6.92 Å². The van der Waals surface area contributed by atoms with Crippen LogP contribution < -0.4 is 4.72 Å². The number of thiophene rings is 1. The van der Waals surface area contributed by atoms with Gasteiger partial charge < -0.3 is 0 Å². The molecule has 0 saturated heterocycles. The van der Waals surface area contributed by atoms with Crippen LogP contribution in [0.1, 0.15) is 17.2 Å². The van der Waals surface area contributed by atoms with Crippen LogP contribution in [0.3, 0.4) is 0 Å². The first-order valence-corrected chi connectivity index (χ1v) is 9.63. The Hall–Kier alpha value is -0.400. The summed E-state index contributed by atoms with van der Waals surface area (Å²) in [6, 6.07) is 10.7. The molecule has 0 spiro atoms. The summed E-state index contributed by atoms with van der Waals surface area (Å²) in [4.78, 5) is 0. The van der Waals surface area contributed by atoms with Gasteiger partial charge >= 0.3 is 0 Å². The van der Waals surface area contributed by atoms with Gasteiger partial charge in [-0.1, -0.05) is 57.9 Å². The predicted octanol–water partition coefficient (Wildman–Crippen LogP) is 4.12. The van der Waals surface area contributed by atoms with E-state index in [4.69, 9.17) is 11.6 Å². The Bertz CT molecular complexity index is 666. The van der Waals surface area contributed by atoms with E-state index in [2.05, 4.69) is 20.7 Å². The van der Waals surface area contributed by atoms with Crippen molar-refractivity contribution in [3.8, 4) is 0 Å². The molecule has 1 heterocycles. The second-order valence-corrected chi connectivity index (χ2v) is 8.50. The molecule has 1 N–H and O–H groups in total. The lowest BCUT2D eigenvalue weighted by Crippen LogP contribution is -2.29. The molecule has 0 aliphatic carbocycles. The van der Waals surface area contributed by atoms with E-state index in [1.807, 2.05) is 30.3 Å². The lowest BCUT2D eigenvalue weighted by atomic mass is 10.1. The number of hydrogen-bond acceptors (Lipinski definition) is 3. The fourth-order valence-corrected chi connectivity index (χ4v) is 5.38. The molecule has 1 unspecified atom stereocenters. The van der Waals surface area contributed by atoms with Gasteiger partial charge in [-0.05, 0) is 24.1 Å². The molecule has 20 heavy (non-hydrogen) atoms. The molecule has 0 aliphatic rings. The average molecular weight is 395 g/mol. The normalized spacial score (nSPS) is 13.3. The third-order valence-corrected chi connectivity index (χ3v) is 6.90. The smallest absolute Gasteiger partial charge is 0.206 e. The summed E-state index contributed by atoms with van der Waals surface area (Å²) < 4.78 is 28.2. The van der Waals surface area contributed by atoms with Crippen molar-refractivity contribution >= 4 is 48.9 Å². The molecule has 0 bridgehead atoms. The number of benzene rings is 1. The van der Waals surface area contributed by atoms with Gasteiger partial charge in [0.15, 0.2) is 0 Å². The molecule has 0 aliphatic heterocycles. The van der Waals surface area contributed by atoms with Crippen molar-refractivity contribution < 1.29 is 8.42 Å². The summed E-state index contributed by atoms with van der Waals surface area (Å²) in [5.74, 6) is 0. The van der Waals surface area contributed by atoms with Crippen LogP contribution in [0.25, 0.3) is 0 Å². The maximum Gasteiger partial charge on any atom is 0.250 e. The molecule has 7 heteroatoms. The fraction of sp³-hybridized carbons (Fsp3) is 0.231. The summed E-state index contributed by atoms with van der Waals surface area (Å²) in [6.07, 6.45) is 0.